The molecular formula is C17H23F3N2O6. The molecule has 0 saturated carbocycles. The van der Waals surface area contributed by atoms with Crippen molar-refractivity contribution in [2.24, 2.45) is 11.7 Å². The van der Waals surface area contributed by atoms with Crippen molar-refractivity contribution in [2.45, 2.75) is 44.9 Å². The Kier molecular flexibility index (Phi) is 10.0. The Morgan fingerprint density at radius 3 is 1.93 bits per heavy atom. The molecule has 8 nitrogen and oxygen atoms in total. The molecule has 11 heteroatoms. The number of amides is 1. The van der Waals surface area contributed by atoms with Crippen LogP contribution in [-0.2, 0) is 20.8 Å². The Hall–Kier alpha value is -2.82. The van der Waals surface area contributed by atoms with Crippen molar-refractivity contribution in [3.8, 4) is 5.75 Å². The maximum Gasteiger partial charge on any atom is 0.490 e. The number of carbonyl (C=O) groups excluding carboxylic acids is 1. The quantitative estimate of drug-likeness (QED) is 0.459. The van der Waals surface area contributed by atoms with Crippen molar-refractivity contribution in [1.29, 1.82) is 0 Å². The average molecular weight is 408 g/mol. The molecular weight excluding hydrogens is 385 g/mol. The molecule has 1 aromatic carbocycles. The number of carboxylic acid groups (broad SMARTS) is 2. The second-order valence-electron chi connectivity index (χ2n) is 6.31. The van der Waals surface area contributed by atoms with Crippen LogP contribution >= 0.6 is 0 Å². The molecule has 2 atom stereocenters. The van der Waals surface area contributed by atoms with Gasteiger partial charge >= 0.3 is 18.1 Å². The summed E-state index contributed by atoms with van der Waals surface area (Å²) in [6, 6.07) is 4.61. The summed E-state index contributed by atoms with van der Waals surface area (Å²) in [4.78, 5) is 32.0. The Bertz CT molecular complexity index is 662. The van der Waals surface area contributed by atoms with Gasteiger partial charge in [0, 0.05) is 0 Å². The zero-order valence-electron chi connectivity index (χ0n) is 15.2. The Balaban J connectivity index is 0.000000887. The number of nitrogens with two attached hydrogens (primary N) is 1. The molecule has 1 amide bonds. The maximum absolute atomic E-state index is 12.0. The molecule has 1 rings (SSSR count). The van der Waals surface area contributed by atoms with E-state index in [1.165, 1.54) is 12.1 Å². The summed E-state index contributed by atoms with van der Waals surface area (Å²) in [6.45, 7) is 3.77. The number of alkyl halides is 3. The number of hydrogen-bond acceptors (Lipinski definition) is 5. The number of carbonyl (C=O) groups is 3. The first kappa shape index (κ1) is 25.2. The Morgan fingerprint density at radius 2 is 1.57 bits per heavy atom. The third-order valence-corrected chi connectivity index (χ3v) is 3.29. The van der Waals surface area contributed by atoms with Crippen LogP contribution in [0.25, 0.3) is 0 Å². The van der Waals surface area contributed by atoms with Crippen LogP contribution in [0.4, 0.5) is 13.2 Å². The first-order valence-corrected chi connectivity index (χ1v) is 8.10. The summed E-state index contributed by atoms with van der Waals surface area (Å²) in [5.74, 6) is -4.02. The molecule has 0 heterocycles. The highest BCUT2D eigenvalue weighted by Crippen LogP contribution is 2.13. The molecule has 0 aliphatic heterocycles. The van der Waals surface area contributed by atoms with Gasteiger partial charge in [-0.05, 0) is 36.5 Å². The van der Waals surface area contributed by atoms with Crippen LogP contribution in [0.1, 0.15) is 25.8 Å². The van der Waals surface area contributed by atoms with E-state index in [4.69, 9.17) is 20.7 Å². The second kappa shape index (κ2) is 11.1. The van der Waals surface area contributed by atoms with Crippen LogP contribution in [-0.4, -0.2) is 51.4 Å². The molecule has 0 saturated heterocycles. The Morgan fingerprint density at radius 1 is 1.11 bits per heavy atom. The topological polar surface area (TPSA) is 150 Å². The van der Waals surface area contributed by atoms with Crippen LogP contribution in [0.2, 0.25) is 0 Å². The standard InChI is InChI=1S/C15H22N2O4.C2HF3O2/c1-9(2)7-13(15(20)21)17-14(19)12(16)8-10-3-5-11(18)6-4-10;3-2(4,5)1(6)7/h3-6,9,12-13,18H,7-8,16H2,1-2H3,(H,17,19)(H,20,21);(H,6,7). The van der Waals surface area contributed by atoms with Gasteiger partial charge in [0.25, 0.3) is 0 Å². The first-order chi connectivity index (χ1) is 12.7. The average Bonchev–Trinajstić information content (AvgIpc) is 2.55. The number of phenols is 1. The summed E-state index contributed by atoms with van der Waals surface area (Å²) < 4.78 is 31.7. The number of halogens is 3. The molecule has 28 heavy (non-hydrogen) atoms. The zero-order chi connectivity index (χ0) is 22.1. The van der Waals surface area contributed by atoms with Gasteiger partial charge in [-0.15, -0.1) is 0 Å². The van der Waals surface area contributed by atoms with Crippen molar-refractivity contribution in [3.63, 3.8) is 0 Å². The van der Waals surface area contributed by atoms with Gasteiger partial charge in [0.2, 0.25) is 5.91 Å². The number of benzene rings is 1. The molecule has 0 fully saturated rings. The SMILES string of the molecule is CC(C)CC(NC(=O)C(N)Cc1ccc(O)cc1)C(=O)O.O=C(O)C(F)(F)F. The normalized spacial score (nSPS) is 13.1. The van der Waals surface area contributed by atoms with Crippen molar-refractivity contribution >= 4 is 17.8 Å². The van der Waals surface area contributed by atoms with Gasteiger partial charge in [-0.3, -0.25) is 4.79 Å². The third-order valence-electron chi connectivity index (χ3n) is 3.29. The zero-order valence-corrected chi connectivity index (χ0v) is 15.2. The van der Waals surface area contributed by atoms with E-state index in [0.29, 0.717) is 6.42 Å². The van der Waals surface area contributed by atoms with Crippen molar-refractivity contribution < 1.29 is 42.9 Å². The van der Waals surface area contributed by atoms with Crippen molar-refractivity contribution in [2.75, 3.05) is 0 Å². The number of phenolic OH excluding ortho intramolecular Hbond substituents is 1. The molecule has 158 valence electrons. The van der Waals surface area contributed by atoms with Crippen molar-refractivity contribution in [1.82, 2.24) is 5.32 Å². The van der Waals surface area contributed by atoms with E-state index in [-0.39, 0.29) is 18.1 Å². The molecule has 0 aliphatic rings. The van der Waals surface area contributed by atoms with Crippen LogP contribution in [0.15, 0.2) is 24.3 Å². The second-order valence-corrected chi connectivity index (χ2v) is 6.31. The highest BCUT2D eigenvalue weighted by atomic mass is 19.4. The monoisotopic (exact) mass is 408 g/mol. The van der Waals surface area contributed by atoms with Crippen LogP contribution in [0, 0.1) is 5.92 Å². The summed E-state index contributed by atoms with van der Waals surface area (Å²) in [5, 5.41) is 27.9. The summed E-state index contributed by atoms with van der Waals surface area (Å²) >= 11 is 0. The van der Waals surface area contributed by atoms with E-state index in [9.17, 15) is 27.9 Å². The van der Waals surface area contributed by atoms with E-state index < -0.39 is 36.1 Å². The fraction of sp³-hybridized carbons (Fsp3) is 0.471. The molecule has 0 aromatic heterocycles. The van der Waals surface area contributed by atoms with E-state index in [0.717, 1.165) is 5.56 Å². The molecule has 0 radical (unpaired) electrons. The van der Waals surface area contributed by atoms with Gasteiger partial charge < -0.3 is 26.4 Å². The highest BCUT2D eigenvalue weighted by molar-refractivity contribution is 5.87. The number of rotatable bonds is 7. The van der Waals surface area contributed by atoms with Gasteiger partial charge in [0.05, 0.1) is 6.04 Å². The number of hydrogen-bond donors (Lipinski definition) is 5. The highest BCUT2D eigenvalue weighted by Gasteiger charge is 2.38. The molecule has 1 aromatic rings. The summed E-state index contributed by atoms with van der Waals surface area (Å²) in [6.07, 6.45) is -4.45. The van der Waals surface area contributed by atoms with Gasteiger partial charge in [0.1, 0.15) is 11.8 Å². The minimum absolute atomic E-state index is 0.139. The van der Waals surface area contributed by atoms with E-state index in [1.54, 1.807) is 12.1 Å². The molecule has 0 spiro atoms. The molecule has 2 unspecified atom stereocenters. The fourth-order valence-electron chi connectivity index (χ4n) is 1.95. The minimum atomic E-state index is -5.08. The molecule has 0 aliphatic carbocycles. The summed E-state index contributed by atoms with van der Waals surface area (Å²) in [7, 11) is 0. The smallest absolute Gasteiger partial charge is 0.490 e. The van der Waals surface area contributed by atoms with E-state index >= 15 is 0 Å². The van der Waals surface area contributed by atoms with Crippen LogP contribution in [0.5, 0.6) is 5.75 Å². The lowest BCUT2D eigenvalue weighted by molar-refractivity contribution is -0.192. The number of aliphatic carboxylic acids is 2. The number of carboxylic acids is 2. The third kappa shape index (κ3) is 10.4. The minimum Gasteiger partial charge on any atom is -0.508 e. The Labute approximate surface area is 159 Å². The fourth-order valence-corrected chi connectivity index (χ4v) is 1.95. The van der Waals surface area contributed by atoms with Gasteiger partial charge in [-0.1, -0.05) is 26.0 Å². The van der Waals surface area contributed by atoms with Gasteiger partial charge in [-0.25, -0.2) is 9.59 Å². The number of aromatic hydroxyl groups is 1. The lowest BCUT2D eigenvalue weighted by atomic mass is 10.0. The van der Waals surface area contributed by atoms with Gasteiger partial charge in [-0.2, -0.15) is 13.2 Å². The van der Waals surface area contributed by atoms with Gasteiger partial charge in [0.15, 0.2) is 0 Å². The molecule has 6 N–H and O–H groups in total. The molecule has 0 bridgehead atoms. The van der Waals surface area contributed by atoms with E-state index in [2.05, 4.69) is 5.32 Å². The predicted octanol–water partition coefficient (Wildman–Crippen LogP) is 1.51. The first-order valence-electron chi connectivity index (χ1n) is 8.10. The number of nitrogens with one attached hydrogen (secondary N) is 1. The van der Waals surface area contributed by atoms with Crippen molar-refractivity contribution in [3.05, 3.63) is 29.8 Å². The van der Waals surface area contributed by atoms with Crippen LogP contribution in [0.3, 0.4) is 0 Å². The van der Waals surface area contributed by atoms with Crippen LogP contribution < -0.4 is 11.1 Å². The lowest BCUT2D eigenvalue weighted by Crippen LogP contribution is -2.49. The largest absolute Gasteiger partial charge is 0.508 e. The summed E-state index contributed by atoms with van der Waals surface area (Å²) in [5.41, 5.74) is 6.60. The maximum atomic E-state index is 12.0. The predicted molar refractivity (Wildman–Crippen MR) is 92.5 cm³/mol. The van der Waals surface area contributed by atoms with E-state index in [1.807, 2.05) is 13.8 Å². The lowest BCUT2D eigenvalue weighted by Gasteiger charge is -2.19.